The van der Waals surface area contributed by atoms with Gasteiger partial charge < -0.3 is 10.6 Å². The van der Waals surface area contributed by atoms with Gasteiger partial charge in [0.05, 0.1) is 0 Å². The van der Waals surface area contributed by atoms with E-state index in [-0.39, 0.29) is 0 Å². The van der Waals surface area contributed by atoms with Gasteiger partial charge in [-0.1, -0.05) is 63.9 Å². The predicted octanol–water partition coefficient (Wildman–Crippen LogP) is 6.15. The summed E-state index contributed by atoms with van der Waals surface area (Å²) in [5.74, 6) is 0.460. The van der Waals surface area contributed by atoms with E-state index in [0.29, 0.717) is 12.0 Å². The van der Waals surface area contributed by atoms with Gasteiger partial charge in [-0.05, 0) is 53.6 Å². The molecule has 138 valence electrons. The zero-order valence-electron chi connectivity index (χ0n) is 16.7. The molecule has 0 aliphatic rings. The van der Waals surface area contributed by atoms with Crippen LogP contribution in [-0.4, -0.2) is 18.0 Å². The molecule has 0 amide bonds. The van der Waals surface area contributed by atoms with Crippen molar-refractivity contribution in [2.45, 2.75) is 45.6 Å². The summed E-state index contributed by atoms with van der Waals surface area (Å²) >= 11 is 0. The van der Waals surface area contributed by atoms with Crippen molar-refractivity contribution in [2.24, 2.45) is 5.73 Å². The van der Waals surface area contributed by atoms with Crippen LogP contribution in [0.3, 0.4) is 0 Å². The maximum absolute atomic E-state index is 5.75. The number of rotatable bonds is 8. The highest BCUT2D eigenvalue weighted by atomic mass is 15.1. The highest BCUT2D eigenvalue weighted by molar-refractivity contribution is 5.99. The van der Waals surface area contributed by atoms with E-state index in [9.17, 15) is 0 Å². The Hall–Kier alpha value is -2.48. The van der Waals surface area contributed by atoms with Crippen LogP contribution in [0.15, 0.2) is 55.8 Å². The summed E-state index contributed by atoms with van der Waals surface area (Å²) in [7, 11) is 2.11. The Bertz CT molecular complexity index is 829. The first-order valence-corrected chi connectivity index (χ1v) is 9.30. The molecule has 1 atom stereocenters. The molecule has 1 unspecified atom stereocenters. The Morgan fingerprint density at radius 2 is 1.88 bits per heavy atom. The fraction of sp³-hybridized carbons (Fsp3) is 0.333. The molecule has 0 aromatic heterocycles. The highest BCUT2D eigenvalue weighted by Gasteiger charge is 2.17. The fourth-order valence-electron chi connectivity index (χ4n) is 3.26. The Morgan fingerprint density at radius 1 is 1.19 bits per heavy atom. The molecule has 2 nitrogen and oxygen atoms in total. The zero-order valence-corrected chi connectivity index (χ0v) is 16.7. The van der Waals surface area contributed by atoms with E-state index in [1.165, 1.54) is 21.9 Å². The molecule has 2 aromatic carbocycles. The Balaban J connectivity index is 2.53. The van der Waals surface area contributed by atoms with Crippen LogP contribution >= 0.6 is 0 Å². The van der Waals surface area contributed by atoms with Crippen molar-refractivity contribution in [3.8, 4) is 0 Å². The quantitative estimate of drug-likeness (QED) is 0.620. The van der Waals surface area contributed by atoms with Crippen LogP contribution in [0.2, 0.25) is 0 Å². The minimum absolute atomic E-state index is 0.330. The lowest BCUT2D eigenvalue weighted by molar-refractivity contribution is 0.352. The molecule has 0 radical (unpaired) electrons. The van der Waals surface area contributed by atoms with Crippen LogP contribution in [-0.2, 0) is 0 Å². The van der Waals surface area contributed by atoms with Crippen molar-refractivity contribution in [3.63, 3.8) is 0 Å². The number of fused-ring (bicyclic) bond motifs is 1. The van der Waals surface area contributed by atoms with Gasteiger partial charge in [0.1, 0.15) is 0 Å². The van der Waals surface area contributed by atoms with E-state index in [4.69, 9.17) is 5.73 Å². The van der Waals surface area contributed by atoms with Gasteiger partial charge in [0.2, 0.25) is 0 Å². The third-order valence-corrected chi connectivity index (χ3v) is 5.20. The van der Waals surface area contributed by atoms with Gasteiger partial charge >= 0.3 is 0 Å². The summed E-state index contributed by atoms with van der Waals surface area (Å²) < 4.78 is 0. The molecule has 0 spiro atoms. The molecule has 0 aliphatic heterocycles. The lowest BCUT2D eigenvalue weighted by Crippen LogP contribution is -2.27. The number of nitrogens with zero attached hydrogens (tertiary/aromatic N) is 1. The minimum Gasteiger partial charge on any atom is -0.403 e. The van der Waals surface area contributed by atoms with E-state index in [1.54, 1.807) is 0 Å². The molecule has 0 aliphatic carbocycles. The van der Waals surface area contributed by atoms with Crippen molar-refractivity contribution in [1.29, 1.82) is 0 Å². The third kappa shape index (κ3) is 4.19. The average molecular weight is 349 g/mol. The van der Waals surface area contributed by atoms with E-state index < -0.39 is 0 Å². The molecule has 0 bridgehead atoms. The molecule has 0 saturated heterocycles. The highest BCUT2D eigenvalue weighted by Crippen LogP contribution is 2.34. The van der Waals surface area contributed by atoms with Gasteiger partial charge in [0.25, 0.3) is 0 Å². The second-order valence-corrected chi connectivity index (χ2v) is 7.48. The minimum atomic E-state index is 0.330. The van der Waals surface area contributed by atoms with Gasteiger partial charge in [-0.2, -0.15) is 0 Å². The first-order valence-electron chi connectivity index (χ1n) is 9.30. The summed E-state index contributed by atoms with van der Waals surface area (Å²) in [6, 6.07) is 11.3. The van der Waals surface area contributed by atoms with Crippen LogP contribution in [0.25, 0.3) is 22.5 Å². The Morgan fingerprint density at radius 3 is 2.46 bits per heavy atom. The van der Waals surface area contributed by atoms with Gasteiger partial charge in [0, 0.05) is 30.0 Å². The second-order valence-electron chi connectivity index (χ2n) is 7.48. The summed E-state index contributed by atoms with van der Waals surface area (Å²) in [5.41, 5.74) is 11.2. The first-order chi connectivity index (χ1) is 12.3. The maximum atomic E-state index is 5.75. The molecular weight excluding hydrogens is 316 g/mol. The standard InChI is InChI=1S/C24H32N2/c1-8-20-10-9-11-21-14-22(16(2)3)15-23(24(20)21)19(6)26(7)18(5)13-12-17(4)25/h8-11,14-16,18H,1,4,6,12-13,25H2,2-3,5,7H3. The van der Waals surface area contributed by atoms with Crippen LogP contribution in [0.5, 0.6) is 0 Å². The molecule has 2 aromatic rings. The summed E-state index contributed by atoms with van der Waals surface area (Å²) in [5, 5.41) is 2.46. The van der Waals surface area contributed by atoms with Crippen molar-refractivity contribution < 1.29 is 0 Å². The van der Waals surface area contributed by atoms with Gasteiger partial charge in [-0.25, -0.2) is 0 Å². The largest absolute Gasteiger partial charge is 0.403 e. The molecule has 0 fully saturated rings. The number of benzene rings is 2. The van der Waals surface area contributed by atoms with E-state index >= 15 is 0 Å². The van der Waals surface area contributed by atoms with Crippen molar-refractivity contribution >= 4 is 22.5 Å². The molecule has 2 heteroatoms. The third-order valence-electron chi connectivity index (χ3n) is 5.20. The average Bonchev–Trinajstić information content (AvgIpc) is 2.63. The number of hydrogen-bond donors (Lipinski definition) is 1. The van der Waals surface area contributed by atoms with Crippen molar-refractivity contribution in [1.82, 2.24) is 4.90 Å². The van der Waals surface area contributed by atoms with Crippen LogP contribution in [0, 0.1) is 0 Å². The topological polar surface area (TPSA) is 29.3 Å². The van der Waals surface area contributed by atoms with Gasteiger partial charge in [0.15, 0.2) is 0 Å². The van der Waals surface area contributed by atoms with Crippen molar-refractivity contribution in [2.75, 3.05) is 7.05 Å². The van der Waals surface area contributed by atoms with E-state index in [2.05, 4.69) is 82.8 Å². The predicted molar refractivity (Wildman–Crippen MR) is 117 cm³/mol. The normalized spacial score (nSPS) is 12.2. The smallest absolute Gasteiger partial charge is 0.0373 e. The molecule has 2 rings (SSSR count). The molecule has 2 N–H and O–H groups in total. The van der Waals surface area contributed by atoms with Gasteiger partial charge in [-0.3, -0.25) is 0 Å². The van der Waals surface area contributed by atoms with Crippen LogP contribution in [0.1, 0.15) is 56.2 Å². The number of hydrogen-bond acceptors (Lipinski definition) is 2. The van der Waals surface area contributed by atoms with Gasteiger partial charge in [-0.15, -0.1) is 0 Å². The van der Waals surface area contributed by atoms with Crippen LogP contribution < -0.4 is 5.73 Å². The molecule has 0 saturated carbocycles. The Kier molecular flexibility index (Phi) is 6.31. The maximum Gasteiger partial charge on any atom is 0.0373 e. The second kappa shape index (κ2) is 8.27. The van der Waals surface area contributed by atoms with E-state index in [1.807, 2.05) is 6.08 Å². The van der Waals surface area contributed by atoms with E-state index in [0.717, 1.165) is 29.8 Å². The Labute approximate surface area is 158 Å². The molecule has 0 heterocycles. The molecule has 26 heavy (non-hydrogen) atoms. The summed E-state index contributed by atoms with van der Waals surface area (Å²) in [6.07, 6.45) is 3.71. The molecular formula is C24H32N2. The van der Waals surface area contributed by atoms with Crippen molar-refractivity contribution in [3.05, 3.63) is 72.5 Å². The lowest BCUT2D eigenvalue weighted by Gasteiger charge is -2.30. The van der Waals surface area contributed by atoms with Crippen LogP contribution in [0.4, 0.5) is 0 Å². The zero-order chi connectivity index (χ0) is 19.4. The monoisotopic (exact) mass is 348 g/mol. The first kappa shape index (κ1) is 19.8. The lowest BCUT2D eigenvalue weighted by atomic mass is 9.91. The summed E-state index contributed by atoms with van der Waals surface area (Å²) in [4.78, 5) is 2.25. The summed E-state index contributed by atoms with van der Waals surface area (Å²) in [6.45, 7) is 18.9. The number of nitrogens with two attached hydrogens (primary N) is 1. The fourth-order valence-corrected chi connectivity index (χ4v) is 3.26. The number of allylic oxidation sites excluding steroid dienone is 1. The SMILES string of the molecule is C=Cc1cccc2cc(C(C)C)cc(C(=C)N(C)C(C)CCC(=C)N)c12.